The van der Waals surface area contributed by atoms with Crippen molar-refractivity contribution in [3.05, 3.63) is 75.6 Å². The second kappa shape index (κ2) is 9.29. The summed E-state index contributed by atoms with van der Waals surface area (Å²) in [7, 11) is 1.55. The van der Waals surface area contributed by atoms with Gasteiger partial charge in [-0.25, -0.2) is 4.39 Å². The Labute approximate surface area is 168 Å². The van der Waals surface area contributed by atoms with Crippen LogP contribution in [0.4, 0.5) is 10.1 Å². The number of carbonyl (C=O) groups is 1. The molecule has 0 radical (unpaired) electrons. The fraction of sp³-hybridized carbons (Fsp3) is 0.286. The zero-order valence-electron chi connectivity index (χ0n) is 16.1. The number of piperazine rings is 1. The molecule has 1 saturated heterocycles. The van der Waals surface area contributed by atoms with Gasteiger partial charge < -0.3 is 9.64 Å². The molecule has 152 valence electrons. The molecule has 7 nitrogen and oxygen atoms in total. The number of ether oxygens (including phenoxy) is 1. The molecule has 0 atom stereocenters. The molecule has 2 aromatic rings. The largest absolute Gasteiger partial charge is 0.496 e. The van der Waals surface area contributed by atoms with Crippen molar-refractivity contribution in [2.75, 3.05) is 33.3 Å². The standard InChI is InChI=1S/C21H22FN3O4/c1-29-20-8-7-18(22)14-17(20)15-23-10-12-24(13-11-23)21(26)9-6-16-4-2-3-5-19(16)25(27)28/h2-9,14H,10-13,15H2,1H3/b9-6+. The van der Waals surface area contributed by atoms with Crippen molar-refractivity contribution in [2.45, 2.75) is 6.54 Å². The molecule has 0 bridgehead atoms. The van der Waals surface area contributed by atoms with Gasteiger partial charge in [0.25, 0.3) is 5.69 Å². The molecule has 29 heavy (non-hydrogen) atoms. The van der Waals surface area contributed by atoms with Crippen LogP contribution in [0, 0.1) is 15.9 Å². The van der Waals surface area contributed by atoms with Crippen molar-refractivity contribution in [1.82, 2.24) is 9.80 Å². The van der Waals surface area contributed by atoms with E-state index < -0.39 is 4.92 Å². The number of rotatable bonds is 6. The van der Waals surface area contributed by atoms with Gasteiger partial charge in [-0.05, 0) is 30.3 Å². The molecular formula is C21H22FN3O4. The van der Waals surface area contributed by atoms with Gasteiger partial charge in [0.1, 0.15) is 11.6 Å². The predicted molar refractivity (Wildman–Crippen MR) is 107 cm³/mol. The maximum atomic E-state index is 13.5. The third-order valence-electron chi connectivity index (χ3n) is 4.86. The lowest BCUT2D eigenvalue weighted by Crippen LogP contribution is -2.47. The number of nitrogens with zero attached hydrogens (tertiary/aromatic N) is 3. The van der Waals surface area contributed by atoms with Gasteiger partial charge in [-0.2, -0.15) is 0 Å². The fourth-order valence-electron chi connectivity index (χ4n) is 3.30. The van der Waals surface area contributed by atoms with Gasteiger partial charge in [0, 0.05) is 50.4 Å². The number of benzene rings is 2. The van der Waals surface area contributed by atoms with Crippen molar-refractivity contribution in [1.29, 1.82) is 0 Å². The van der Waals surface area contributed by atoms with E-state index in [4.69, 9.17) is 4.74 Å². The first-order chi connectivity index (χ1) is 14.0. The third kappa shape index (κ3) is 5.17. The average Bonchev–Trinajstić information content (AvgIpc) is 2.73. The Morgan fingerprint density at radius 2 is 1.93 bits per heavy atom. The first-order valence-electron chi connectivity index (χ1n) is 9.23. The molecule has 1 heterocycles. The van der Waals surface area contributed by atoms with E-state index in [1.165, 1.54) is 30.4 Å². The third-order valence-corrected chi connectivity index (χ3v) is 4.86. The number of nitro groups is 1. The number of amides is 1. The molecule has 1 aliphatic rings. The number of para-hydroxylation sites is 1. The predicted octanol–water partition coefficient (Wildman–Crippen LogP) is 3.10. The minimum atomic E-state index is -0.469. The van der Waals surface area contributed by atoms with Crippen LogP contribution in [0.25, 0.3) is 6.08 Å². The monoisotopic (exact) mass is 399 g/mol. The van der Waals surface area contributed by atoms with E-state index in [1.54, 1.807) is 36.3 Å². The summed E-state index contributed by atoms with van der Waals surface area (Å²) in [6, 6.07) is 10.7. The summed E-state index contributed by atoms with van der Waals surface area (Å²) in [5.74, 6) is 0.137. The molecule has 1 aliphatic heterocycles. The van der Waals surface area contributed by atoms with Crippen LogP contribution >= 0.6 is 0 Å². The number of hydrogen-bond acceptors (Lipinski definition) is 5. The van der Waals surface area contributed by atoms with E-state index >= 15 is 0 Å². The smallest absolute Gasteiger partial charge is 0.276 e. The zero-order valence-corrected chi connectivity index (χ0v) is 16.1. The molecule has 3 rings (SSSR count). The van der Waals surface area contributed by atoms with Crippen molar-refractivity contribution < 1.29 is 18.8 Å². The second-order valence-electron chi connectivity index (χ2n) is 6.71. The summed E-state index contributed by atoms with van der Waals surface area (Å²) in [5, 5.41) is 11.1. The Bertz CT molecular complexity index is 924. The molecule has 0 aromatic heterocycles. The molecule has 8 heteroatoms. The molecule has 0 spiro atoms. The topological polar surface area (TPSA) is 75.9 Å². The van der Waals surface area contributed by atoms with E-state index in [2.05, 4.69) is 4.90 Å². The minimum Gasteiger partial charge on any atom is -0.496 e. The Morgan fingerprint density at radius 1 is 1.21 bits per heavy atom. The molecule has 0 saturated carbocycles. The van der Waals surface area contributed by atoms with Gasteiger partial charge in [0.2, 0.25) is 5.91 Å². The Kier molecular flexibility index (Phi) is 6.56. The van der Waals surface area contributed by atoms with Gasteiger partial charge in [-0.15, -0.1) is 0 Å². The maximum Gasteiger partial charge on any atom is 0.276 e. The molecule has 1 fully saturated rings. The fourth-order valence-corrected chi connectivity index (χ4v) is 3.30. The van der Waals surface area contributed by atoms with Crippen LogP contribution in [0.2, 0.25) is 0 Å². The van der Waals surface area contributed by atoms with Crippen LogP contribution in [-0.2, 0) is 11.3 Å². The van der Waals surface area contributed by atoms with Crippen LogP contribution in [0.1, 0.15) is 11.1 Å². The summed E-state index contributed by atoms with van der Waals surface area (Å²) in [4.78, 5) is 26.9. The number of halogens is 1. The van der Waals surface area contributed by atoms with E-state index in [0.717, 1.165) is 5.56 Å². The van der Waals surface area contributed by atoms with Gasteiger partial charge in [-0.3, -0.25) is 19.8 Å². The van der Waals surface area contributed by atoms with Gasteiger partial charge in [-0.1, -0.05) is 12.1 Å². The minimum absolute atomic E-state index is 0.0367. The lowest BCUT2D eigenvalue weighted by Gasteiger charge is -2.34. The van der Waals surface area contributed by atoms with Crippen LogP contribution < -0.4 is 4.74 Å². The van der Waals surface area contributed by atoms with Crippen LogP contribution in [0.3, 0.4) is 0 Å². The normalized spacial score (nSPS) is 14.9. The zero-order chi connectivity index (χ0) is 20.8. The van der Waals surface area contributed by atoms with Gasteiger partial charge in [0.15, 0.2) is 0 Å². The van der Waals surface area contributed by atoms with Crippen molar-refractivity contribution >= 4 is 17.7 Å². The summed E-state index contributed by atoms with van der Waals surface area (Å²) in [5.41, 5.74) is 1.12. The molecule has 1 amide bonds. The molecule has 0 aliphatic carbocycles. The quantitative estimate of drug-likeness (QED) is 0.424. The summed E-state index contributed by atoms with van der Waals surface area (Å²) >= 11 is 0. The van der Waals surface area contributed by atoms with E-state index in [0.29, 0.717) is 44.0 Å². The average molecular weight is 399 g/mol. The number of methoxy groups -OCH3 is 1. The highest BCUT2D eigenvalue weighted by Crippen LogP contribution is 2.22. The van der Waals surface area contributed by atoms with Crippen molar-refractivity contribution in [2.24, 2.45) is 0 Å². The van der Waals surface area contributed by atoms with Crippen molar-refractivity contribution in [3.63, 3.8) is 0 Å². The van der Waals surface area contributed by atoms with Crippen LogP contribution in [0.5, 0.6) is 5.75 Å². The maximum absolute atomic E-state index is 13.5. The number of hydrogen-bond donors (Lipinski definition) is 0. The summed E-state index contributed by atoms with van der Waals surface area (Å²) in [6.45, 7) is 2.87. The van der Waals surface area contributed by atoms with Gasteiger partial charge in [0.05, 0.1) is 17.6 Å². The highest BCUT2D eigenvalue weighted by molar-refractivity contribution is 5.92. The number of nitro benzene ring substituents is 1. The Morgan fingerprint density at radius 3 is 2.62 bits per heavy atom. The summed E-state index contributed by atoms with van der Waals surface area (Å²) in [6.07, 6.45) is 2.85. The first-order valence-corrected chi connectivity index (χ1v) is 9.23. The van der Waals surface area contributed by atoms with E-state index in [1.807, 2.05) is 0 Å². The number of carbonyl (C=O) groups excluding carboxylic acids is 1. The van der Waals surface area contributed by atoms with Crippen LogP contribution in [0.15, 0.2) is 48.5 Å². The molecule has 2 aromatic carbocycles. The van der Waals surface area contributed by atoms with Gasteiger partial charge >= 0.3 is 0 Å². The lowest BCUT2D eigenvalue weighted by atomic mass is 10.1. The highest BCUT2D eigenvalue weighted by Gasteiger charge is 2.21. The molecule has 0 N–H and O–H groups in total. The lowest BCUT2D eigenvalue weighted by molar-refractivity contribution is -0.385. The Balaban J connectivity index is 1.58. The highest BCUT2D eigenvalue weighted by atomic mass is 19.1. The van der Waals surface area contributed by atoms with Crippen LogP contribution in [-0.4, -0.2) is 53.9 Å². The summed E-state index contributed by atoms with van der Waals surface area (Å²) < 4.78 is 18.8. The SMILES string of the molecule is COc1ccc(F)cc1CN1CCN(C(=O)/C=C/c2ccccc2[N+](=O)[O-])CC1. The molecule has 0 unspecified atom stereocenters. The molecular weight excluding hydrogens is 377 g/mol. The first kappa shape index (κ1) is 20.5. The van der Waals surface area contributed by atoms with E-state index in [-0.39, 0.29) is 17.4 Å². The Hall–Kier alpha value is -3.26. The van der Waals surface area contributed by atoms with E-state index in [9.17, 15) is 19.3 Å². The van der Waals surface area contributed by atoms with Crippen molar-refractivity contribution in [3.8, 4) is 5.75 Å². The second-order valence-corrected chi connectivity index (χ2v) is 6.71.